The van der Waals surface area contributed by atoms with Crippen LogP contribution in [0.1, 0.15) is 154 Å². The van der Waals surface area contributed by atoms with Crippen molar-refractivity contribution in [2.45, 2.75) is 183 Å². The highest BCUT2D eigenvalue weighted by atomic mass is 16.4. The molecule has 44 heteroatoms. The lowest BCUT2D eigenvalue weighted by atomic mass is 9.81. The summed E-state index contributed by atoms with van der Waals surface area (Å²) in [6.45, 7) is 0.482. The van der Waals surface area contributed by atoms with Crippen LogP contribution in [0, 0.1) is 23.7 Å². The molecule has 6 aromatic rings. The van der Waals surface area contributed by atoms with Crippen molar-refractivity contribution in [3.8, 4) is 0 Å². The minimum absolute atomic E-state index is 0.0148. The van der Waals surface area contributed by atoms with E-state index in [1.165, 1.54) is 36.7 Å². The molecule has 2 aliphatic rings. The Hall–Kier alpha value is -14.7. The fraction of sp³-hybridized carbons (Fsp3) is 0.435. The number of nitrogens with one attached hydrogen (secondary N) is 14. The second-order valence-corrected chi connectivity index (χ2v) is 31.1. The number of aliphatic carboxylic acids is 8. The first-order chi connectivity index (χ1) is 61.6. The minimum atomic E-state index is -1.87. The summed E-state index contributed by atoms with van der Waals surface area (Å²) in [6, 6.07) is 19.1. The zero-order valence-electron chi connectivity index (χ0n) is 70.1. The van der Waals surface area contributed by atoms with Crippen LogP contribution < -0.4 is 86.3 Å². The molecule has 2 heterocycles. The number of carboxylic acid groups (broad SMARTS) is 8. The van der Waals surface area contributed by atoms with Gasteiger partial charge in [0.05, 0.1) is 17.5 Å². The number of benzene rings is 4. The summed E-state index contributed by atoms with van der Waals surface area (Å²) in [7, 11) is 0. The van der Waals surface area contributed by atoms with Gasteiger partial charge in [-0.1, -0.05) is 84.9 Å². The van der Waals surface area contributed by atoms with E-state index in [4.69, 9.17) is 21.9 Å². The quantitative estimate of drug-likeness (QED) is 0.0112. The van der Waals surface area contributed by atoms with E-state index in [-0.39, 0.29) is 118 Å². The third-order valence-electron chi connectivity index (χ3n) is 21.6. The lowest BCUT2D eigenvalue weighted by molar-refractivity contribution is -0.145. The highest BCUT2D eigenvalue weighted by molar-refractivity contribution is 6.07. The summed E-state index contributed by atoms with van der Waals surface area (Å²) in [6.07, 6.45) is 4.88. The van der Waals surface area contributed by atoms with Crippen molar-refractivity contribution in [2.75, 3.05) is 37.0 Å². The molecule has 0 aliphatic heterocycles. The molecule has 4 aromatic carbocycles. The molecular formula is C85H108N18O26. The number of unbranched alkanes of at least 4 members (excludes halogenated alkanes) is 2. The van der Waals surface area contributed by atoms with Crippen LogP contribution >= 0.6 is 0 Å². The Morgan fingerprint density at radius 3 is 1.06 bits per heavy atom. The van der Waals surface area contributed by atoms with Gasteiger partial charge in [-0.2, -0.15) is 0 Å². The summed E-state index contributed by atoms with van der Waals surface area (Å²) in [5.41, 5.74) is 6.31. The lowest BCUT2D eigenvalue weighted by Gasteiger charge is -2.29. The van der Waals surface area contributed by atoms with Crippen molar-refractivity contribution in [1.29, 1.82) is 0 Å². The van der Waals surface area contributed by atoms with E-state index in [1.54, 1.807) is 0 Å². The number of nitrogens with two attached hydrogens (primary N) is 2. The number of nitrogens with zero attached hydrogens (tertiary/aromatic N) is 2. The van der Waals surface area contributed by atoms with Crippen molar-refractivity contribution in [3.63, 3.8) is 0 Å². The molecule has 0 saturated heterocycles. The molecule has 694 valence electrons. The van der Waals surface area contributed by atoms with Crippen molar-refractivity contribution in [2.24, 2.45) is 35.4 Å². The number of carbonyl (C=O) groups is 18. The average molecular weight is 1800 g/mol. The summed E-state index contributed by atoms with van der Waals surface area (Å²) < 4.78 is 0. The van der Waals surface area contributed by atoms with Gasteiger partial charge in [-0.3, -0.25) is 52.7 Å². The minimum Gasteiger partial charge on any atom is -0.481 e. The standard InChI is InChI=1S/C43H55N9O13.C42H53N9O13/c44-52-34-16-14-29(23-46-34)38(58)49-33(21-36(55)56)40(60)47-22-24-8-12-27(13-9-24)37(57)48-32(20-25-10-11-26-5-1-2-6-28(26)19-25)39(59)45-18-4-3-7-30(41(61)62)50-43(65)51-31(42(63)64)15-17-35(53)54;43-51-32-16-14-28(22-45-32)36(55)50-34(41(62)63)38(57)46-21-23-8-12-26(13-9-23)35(54)47-31(20-24-10-11-25-5-1-2-6-27(25)19-24)37(56)44-18-4-3-7-29(39(58)59)48-42(64)49-30(40(60)61)15-17-33(52)53/h1-2,5-6,10-11,14,16,19,23-24,27,30-33H,3-4,7-9,12-13,15,17-18,20-22,44H2,(H,45,59)(H,46,52)(H,47,60)(H,48,57)(H,49,58)(H,53,54)(H,55,56)(H,61,62)(H,63,64)(H2,50,51,65);1-2,5-6,10-11,14,16,19,22-23,26,29-31,34H,3-4,7-9,12-13,15,17-18,20-21,43H2,(H,44,56)(H,45,51)(H,46,57)(H,47,54)(H,50,55)(H,52,53)(H,58,59)(H,60,61)(H,62,63)(H2,48,49,64). The van der Waals surface area contributed by atoms with Crippen LogP contribution in [0.2, 0.25) is 0 Å². The number of hydrogen-bond acceptors (Lipinski definition) is 24. The second-order valence-electron chi connectivity index (χ2n) is 31.1. The number of carboxylic acids is 8. The van der Waals surface area contributed by atoms with E-state index in [1.807, 2.05) is 84.9 Å². The Kier molecular flexibility index (Phi) is 40.6. The molecule has 2 aromatic heterocycles. The summed E-state index contributed by atoms with van der Waals surface area (Å²) in [4.78, 5) is 230. The van der Waals surface area contributed by atoms with Gasteiger partial charge >= 0.3 is 59.8 Å². The number of rotatable bonds is 49. The molecule has 26 N–H and O–H groups in total. The highest BCUT2D eigenvalue weighted by Gasteiger charge is 2.36. The summed E-state index contributed by atoms with van der Waals surface area (Å²) in [5, 5.41) is 108. The lowest BCUT2D eigenvalue weighted by Crippen LogP contribution is -2.52. The van der Waals surface area contributed by atoms with E-state index in [2.05, 4.69) is 84.6 Å². The van der Waals surface area contributed by atoms with Gasteiger partial charge in [0.2, 0.25) is 35.6 Å². The van der Waals surface area contributed by atoms with Crippen LogP contribution in [-0.2, 0) is 80.0 Å². The van der Waals surface area contributed by atoms with Gasteiger partial charge < -0.3 is 116 Å². The first kappa shape index (κ1) is 101. The maximum atomic E-state index is 13.7. The molecular weight excluding hydrogens is 1690 g/mol. The molecule has 0 spiro atoms. The Morgan fingerprint density at radius 2 is 0.713 bits per heavy atom. The fourth-order valence-electron chi connectivity index (χ4n) is 14.4. The van der Waals surface area contributed by atoms with E-state index in [0.717, 1.165) is 32.7 Å². The molecule has 8 unspecified atom stereocenters. The first-order valence-corrected chi connectivity index (χ1v) is 41.6. The molecule has 2 aliphatic carbocycles. The number of hydrogen-bond donors (Lipinski definition) is 24. The van der Waals surface area contributed by atoms with Gasteiger partial charge in [-0.25, -0.2) is 55.2 Å². The van der Waals surface area contributed by atoms with Crippen LogP contribution in [0.4, 0.5) is 21.2 Å². The zero-order chi connectivity index (χ0) is 94.2. The van der Waals surface area contributed by atoms with E-state index in [0.29, 0.717) is 57.2 Å². The number of anilines is 2. The van der Waals surface area contributed by atoms with Crippen LogP contribution in [0.25, 0.3) is 21.5 Å². The summed E-state index contributed by atoms with van der Waals surface area (Å²) in [5.74, 6) is -5.76. The van der Waals surface area contributed by atoms with Crippen molar-refractivity contribution < 1.29 is 127 Å². The molecule has 129 heavy (non-hydrogen) atoms. The van der Waals surface area contributed by atoms with Crippen LogP contribution in [0.15, 0.2) is 122 Å². The van der Waals surface area contributed by atoms with Gasteiger partial charge in [0, 0.05) is 76.1 Å². The van der Waals surface area contributed by atoms with Crippen LogP contribution in [-0.4, -0.2) is 232 Å². The molecule has 8 atom stereocenters. The van der Waals surface area contributed by atoms with Crippen molar-refractivity contribution in [3.05, 3.63) is 144 Å². The maximum absolute atomic E-state index is 13.7. The van der Waals surface area contributed by atoms with Gasteiger partial charge in [0.15, 0.2) is 0 Å². The van der Waals surface area contributed by atoms with Gasteiger partial charge in [-0.15, -0.1) is 0 Å². The third-order valence-corrected chi connectivity index (χ3v) is 21.6. The average Bonchev–Trinajstić information content (AvgIpc) is 0.818. The molecule has 2 fully saturated rings. The number of urea groups is 2. The van der Waals surface area contributed by atoms with Crippen molar-refractivity contribution in [1.82, 2.24) is 73.8 Å². The Labute approximate surface area is 737 Å². The molecule has 2 saturated carbocycles. The molecule has 0 bridgehead atoms. The molecule has 44 nitrogen and oxygen atoms in total. The SMILES string of the molecule is NNc1ccc(C(=O)NC(C(=O)O)C(=O)NCC2CCC(C(=O)NC(Cc3ccc4ccccc4c3)C(=O)NCCCCC(NC(=O)NC(CCC(=O)O)C(=O)O)C(=O)O)CC2)cn1.NNc1ccc(C(=O)NC(CC(=O)O)C(=O)NCC2CCC(C(=O)NC(Cc3ccc4ccccc4c3)C(=O)NCCCCC(NC(=O)NC(CCC(=O)O)C(=O)O)C(=O)O)CC2)cn1. The molecule has 0 radical (unpaired) electrons. The third kappa shape index (κ3) is 34.6. The molecule has 12 amide bonds. The van der Waals surface area contributed by atoms with Gasteiger partial charge in [0.25, 0.3) is 17.7 Å². The number of amides is 12. The second kappa shape index (κ2) is 51.7. The Morgan fingerprint density at radius 1 is 0.349 bits per heavy atom. The zero-order valence-corrected chi connectivity index (χ0v) is 70.1. The predicted octanol–water partition coefficient (Wildman–Crippen LogP) is 1.81. The normalized spacial score (nSPS) is 16.4. The van der Waals surface area contributed by atoms with Crippen LogP contribution in [0.3, 0.4) is 0 Å². The van der Waals surface area contributed by atoms with Gasteiger partial charge in [-0.05, 0) is 172 Å². The first-order valence-electron chi connectivity index (χ1n) is 41.6. The monoisotopic (exact) mass is 1800 g/mol. The Balaban J connectivity index is 0.000000353. The topological polar surface area (TPSA) is 715 Å². The maximum Gasteiger partial charge on any atom is 0.336 e. The number of nitrogen functional groups attached to an aromatic ring is 2. The van der Waals surface area contributed by atoms with E-state index < -0.39 is 188 Å². The number of pyridine rings is 2. The Bertz CT molecular complexity index is 4950. The number of fused-ring (bicyclic) bond motifs is 2. The van der Waals surface area contributed by atoms with E-state index in [9.17, 15) is 117 Å². The smallest absolute Gasteiger partial charge is 0.336 e. The number of hydrazine groups is 2. The predicted molar refractivity (Wildman–Crippen MR) is 459 cm³/mol. The van der Waals surface area contributed by atoms with Crippen molar-refractivity contribution >= 4 is 140 Å². The van der Waals surface area contributed by atoms with Crippen LogP contribution in [0.5, 0.6) is 0 Å². The fourth-order valence-corrected chi connectivity index (χ4v) is 14.4. The van der Waals surface area contributed by atoms with E-state index >= 15 is 0 Å². The van der Waals surface area contributed by atoms with Gasteiger partial charge in [0.1, 0.15) is 53.9 Å². The number of aromatic nitrogens is 2. The largest absolute Gasteiger partial charge is 0.481 e. The highest BCUT2D eigenvalue weighted by Crippen LogP contribution is 2.31. The molecule has 8 rings (SSSR count). The number of carbonyl (C=O) groups excluding carboxylic acids is 10. The summed E-state index contributed by atoms with van der Waals surface area (Å²) >= 11 is 0.